The van der Waals surface area contributed by atoms with Crippen molar-refractivity contribution in [2.24, 2.45) is 10.4 Å². The zero-order valence-corrected chi connectivity index (χ0v) is 14.9. The molecular formula is C21H23NO2. The van der Waals surface area contributed by atoms with Crippen molar-refractivity contribution in [1.29, 1.82) is 0 Å². The number of aryl methyl sites for hydroxylation is 2. The highest BCUT2D eigenvalue weighted by Crippen LogP contribution is 2.38. The molecule has 0 N–H and O–H groups in total. The van der Waals surface area contributed by atoms with E-state index in [1.807, 2.05) is 24.3 Å². The lowest BCUT2D eigenvalue weighted by atomic mass is 9.93. The van der Waals surface area contributed by atoms with E-state index >= 15 is 0 Å². The van der Waals surface area contributed by atoms with Crippen molar-refractivity contribution in [3.63, 3.8) is 0 Å². The molecule has 24 heavy (non-hydrogen) atoms. The molecule has 3 nitrogen and oxygen atoms in total. The first-order valence-electron chi connectivity index (χ1n) is 8.11. The van der Waals surface area contributed by atoms with Crippen LogP contribution in [0.1, 0.15) is 30.5 Å². The second-order valence-corrected chi connectivity index (χ2v) is 6.72. The number of aliphatic imine (C=N–C) groups is 1. The fraction of sp³-hybridized carbons (Fsp3) is 0.286. The number of benzene rings is 2. The summed E-state index contributed by atoms with van der Waals surface area (Å²) in [7, 11) is 1.67. The Labute approximate surface area is 143 Å². The van der Waals surface area contributed by atoms with Crippen LogP contribution in [0.3, 0.4) is 0 Å². The molecule has 0 fully saturated rings. The lowest BCUT2D eigenvalue weighted by Crippen LogP contribution is -2.18. The molecule has 3 rings (SSSR count). The molecule has 0 bridgehead atoms. The maximum Gasteiger partial charge on any atom is 0.204 e. The Morgan fingerprint density at radius 1 is 1.00 bits per heavy atom. The van der Waals surface area contributed by atoms with Crippen LogP contribution in [0.25, 0.3) is 5.76 Å². The van der Waals surface area contributed by atoms with E-state index in [1.54, 1.807) is 7.11 Å². The predicted molar refractivity (Wildman–Crippen MR) is 98.8 cm³/mol. The first-order valence-corrected chi connectivity index (χ1v) is 8.11. The van der Waals surface area contributed by atoms with Gasteiger partial charge in [0.25, 0.3) is 0 Å². The molecule has 3 heteroatoms. The Morgan fingerprint density at radius 2 is 1.67 bits per heavy atom. The van der Waals surface area contributed by atoms with E-state index in [0.717, 1.165) is 39.8 Å². The number of rotatable bonds is 3. The summed E-state index contributed by atoms with van der Waals surface area (Å²) in [5, 5.41) is 0. The van der Waals surface area contributed by atoms with E-state index in [9.17, 15) is 0 Å². The van der Waals surface area contributed by atoms with E-state index in [0.29, 0.717) is 0 Å². The number of hydrogen-bond donors (Lipinski definition) is 0. The fourth-order valence-corrected chi connectivity index (χ4v) is 2.82. The van der Waals surface area contributed by atoms with Gasteiger partial charge in [0.1, 0.15) is 11.5 Å². The van der Waals surface area contributed by atoms with Gasteiger partial charge in [0, 0.05) is 5.56 Å². The van der Waals surface area contributed by atoms with Crippen molar-refractivity contribution in [1.82, 2.24) is 0 Å². The Bertz CT molecular complexity index is 811. The standard InChI is InChI=1S/C21H23NO2/c1-14-8-6-9-15(2)19(14)22-20-21(3,4)13-18(24-20)16-10-7-11-17(12-16)23-5/h6-13H,1-5H3. The minimum atomic E-state index is -0.257. The van der Waals surface area contributed by atoms with E-state index < -0.39 is 0 Å². The highest BCUT2D eigenvalue weighted by Gasteiger charge is 2.34. The third-order valence-corrected chi connectivity index (χ3v) is 4.26. The molecule has 124 valence electrons. The zero-order chi connectivity index (χ0) is 17.3. The average Bonchev–Trinajstić information content (AvgIpc) is 2.86. The van der Waals surface area contributed by atoms with Gasteiger partial charge < -0.3 is 9.47 Å². The highest BCUT2D eigenvalue weighted by molar-refractivity contribution is 5.96. The lowest BCUT2D eigenvalue weighted by Gasteiger charge is -2.15. The van der Waals surface area contributed by atoms with Gasteiger partial charge in [-0.05, 0) is 57.0 Å². The fourth-order valence-electron chi connectivity index (χ4n) is 2.82. The van der Waals surface area contributed by atoms with E-state index in [4.69, 9.17) is 14.5 Å². The van der Waals surface area contributed by atoms with Crippen LogP contribution in [0.2, 0.25) is 0 Å². The van der Waals surface area contributed by atoms with Crippen LogP contribution in [0.15, 0.2) is 53.5 Å². The maximum absolute atomic E-state index is 6.13. The van der Waals surface area contributed by atoms with Crippen LogP contribution >= 0.6 is 0 Å². The van der Waals surface area contributed by atoms with Crippen LogP contribution in [-0.2, 0) is 4.74 Å². The summed E-state index contributed by atoms with van der Waals surface area (Å²) in [6, 6.07) is 14.1. The molecule has 1 aliphatic rings. The zero-order valence-electron chi connectivity index (χ0n) is 14.9. The highest BCUT2D eigenvalue weighted by atomic mass is 16.5. The molecule has 0 spiro atoms. The van der Waals surface area contributed by atoms with Gasteiger partial charge in [-0.2, -0.15) is 0 Å². The molecule has 0 aliphatic carbocycles. The molecule has 0 radical (unpaired) electrons. The van der Waals surface area contributed by atoms with Gasteiger partial charge in [-0.1, -0.05) is 30.3 Å². The summed E-state index contributed by atoms with van der Waals surface area (Å²) in [6.45, 7) is 8.38. The van der Waals surface area contributed by atoms with E-state index in [-0.39, 0.29) is 5.41 Å². The predicted octanol–water partition coefficient (Wildman–Crippen LogP) is 5.44. The molecule has 0 atom stereocenters. The molecule has 1 aliphatic heterocycles. The number of methoxy groups -OCH3 is 1. The monoisotopic (exact) mass is 321 g/mol. The number of ether oxygens (including phenoxy) is 2. The minimum Gasteiger partial charge on any atom is -0.497 e. The van der Waals surface area contributed by atoms with Gasteiger partial charge in [-0.15, -0.1) is 0 Å². The lowest BCUT2D eigenvalue weighted by molar-refractivity contribution is 0.414. The van der Waals surface area contributed by atoms with Crippen LogP contribution < -0.4 is 4.74 Å². The van der Waals surface area contributed by atoms with Gasteiger partial charge in [0.15, 0.2) is 0 Å². The van der Waals surface area contributed by atoms with Crippen molar-refractivity contribution in [2.45, 2.75) is 27.7 Å². The van der Waals surface area contributed by atoms with Gasteiger partial charge in [-0.25, -0.2) is 4.99 Å². The van der Waals surface area contributed by atoms with Crippen LogP contribution in [0.4, 0.5) is 5.69 Å². The largest absolute Gasteiger partial charge is 0.497 e. The second-order valence-electron chi connectivity index (χ2n) is 6.72. The third-order valence-electron chi connectivity index (χ3n) is 4.26. The average molecular weight is 321 g/mol. The Balaban J connectivity index is 1.98. The van der Waals surface area contributed by atoms with Crippen LogP contribution in [-0.4, -0.2) is 13.0 Å². The van der Waals surface area contributed by atoms with Crippen molar-refractivity contribution in [2.75, 3.05) is 7.11 Å². The normalized spacial score (nSPS) is 17.5. The van der Waals surface area contributed by atoms with Crippen molar-refractivity contribution in [3.05, 3.63) is 65.2 Å². The summed E-state index contributed by atoms with van der Waals surface area (Å²) < 4.78 is 11.4. The Morgan fingerprint density at radius 3 is 2.33 bits per heavy atom. The molecule has 0 aromatic heterocycles. The third kappa shape index (κ3) is 3.07. The quantitative estimate of drug-likeness (QED) is 0.753. The maximum atomic E-state index is 6.13. The summed E-state index contributed by atoms with van der Waals surface area (Å²) in [6.07, 6.45) is 2.12. The first-order chi connectivity index (χ1) is 11.4. The smallest absolute Gasteiger partial charge is 0.204 e. The number of hydrogen-bond acceptors (Lipinski definition) is 3. The Hall–Kier alpha value is -2.55. The Kier molecular flexibility index (Phi) is 4.18. The van der Waals surface area contributed by atoms with Crippen LogP contribution in [0.5, 0.6) is 5.75 Å². The molecule has 2 aromatic rings. The molecule has 2 aromatic carbocycles. The van der Waals surface area contributed by atoms with Crippen molar-refractivity contribution >= 4 is 17.3 Å². The SMILES string of the molecule is COc1cccc(C2=CC(C)(C)C(=Nc3c(C)cccc3C)O2)c1. The van der Waals surface area contributed by atoms with Gasteiger partial charge in [0.2, 0.25) is 5.90 Å². The van der Waals surface area contributed by atoms with Gasteiger partial charge in [0.05, 0.1) is 18.2 Å². The molecule has 1 heterocycles. The molecule has 0 saturated carbocycles. The molecular weight excluding hydrogens is 298 g/mol. The summed E-state index contributed by atoms with van der Waals surface area (Å²) >= 11 is 0. The number of nitrogens with zero attached hydrogens (tertiary/aromatic N) is 1. The minimum absolute atomic E-state index is 0.257. The van der Waals surface area contributed by atoms with Gasteiger partial charge >= 0.3 is 0 Å². The molecule has 0 saturated heterocycles. The topological polar surface area (TPSA) is 30.8 Å². The summed E-state index contributed by atoms with van der Waals surface area (Å²) in [5.41, 5.74) is 4.02. The first kappa shape index (κ1) is 16.3. The van der Waals surface area contributed by atoms with Crippen LogP contribution in [0, 0.1) is 19.3 Å². The van der Waals surface area contributed by atoms with E-state index in [2.05, 4.69) is 52.0 Å². The molecule has 0 unspecified atom stereocenters. The summed E-state index contributed by atoms with van der Waals surface area (Å²) in [4.78, 5) is 4.84. The van der Waals surface area contributed by atoms with Crippen molar-refractivity contribution in [3.8, 4) is 5.75 Å². The van der Waals surface area contributed by atoms with Gasteiger partial charge in [-0.3, -0.25) is 0 Å². The molecule has 0 amide bonds. The second kappa shape index (κ2) is 6.16. The van der Waals surface area contributed by atoms with Crippen molar-refractivity contribution < 1.29 is 9.47 Å². The van der Waals surface area contributed by atoms with E-state index in [1.165, 1.54) is 0 Å². The number of para-hydroxylation sites is 1. The summed E-state index contributed by atoms with van der Waals surface area (Å²) in [5.74, 6) is 2.36.